The Balaban J connectivity index is 2.22. The molecule has 0 radical (unpaired) electrons. The van der Waals surface area contributed by atoms with E-state index in [0.717, 1.165) is 23.8 Å². The van der Waals surface area contributed by atoms with E-state index >= 15 is 0 Å². The molecule has 1 atom stereocenters. The monoisotopic (exact) mass is 320 g/mol. The van der Waals surface area contributed by atoms with Crippen LogP contribution in [-0.4, -0.2) is 0 Å². The molecule has 2 rings (SSSR count). The molecule has 0 aliphatic rings. The van der Waals surface area contributed by atoms with Crippen LogP contribution >= 0.6 is 34.8 Å². The topological polar surface area (TPSA) is 0 Å². The van der Waals surface area contributed by atoms with Gasteiger partial charge in [-0.2, -0.15) is 0 Å². The lowest BCUT2D eigenvalue weighted by Gasteiger charge is -2.11. The van der Waals surface area contributed by atoms with Gasteiger partial charge in [-0.15, -0.1) is 11.6 Å². The van der Waals surface area contributed by atoms with Crippen LogP contribution in [-0.2, 0) is 6.42 Å². The molecular weight excluding hydrogens is 313 g/mol. The van der Waals surface area contributed by atoms with Crippen molar-refractivity contribution in [3.63, 3.8) is 0 Å². The molecule has 19 heavy (non-hydrogen) atoms. The average molecular weight is 322 g/mol. The number of rotatable bonds is 3. The van der Waals surface area contributed by atoms with E-state index < -0.39 is 17.0 Å². The van der Waals surface area contributed by atoms with Crippen molar-refractivity contribution in [2.45, 2.75) is 11.8 Å². The molecule has 0 aromatic heterocycles. The highest BCUT2D eigenvalue weighted by Gasteiger charge is 2.15. The Morgan fingerprint density at radius 2 is 1.68 bits per heavy atom. The van der Waals surface area contributed by atoms with Crippen molar-refractivity contribution in [2.24, 2.45) is 0 Å². The predicted molar refractivity (Wildman–Crippen MR) is 75.1 cm³/mol. The number of hydrogen-bond donors (Lipinski definition) is 0. The zero-order valence-corrected chi connectivity index (χ0v) is 11.9. The lowest BCUT2D eigenvalue weighted by atomic mass is 10.0. The number of benzene rings is 2. The molecule has 2 aromatic carbocycles. The molecule has 0 spiro atoms. The SMILES string of the molecule is Fc1ccc(F)c(C(Cl)Cc2ccc(Cl)c(Cl)c2)c1. The highest BCUT2D eigenvalue weighted by Crippen LogP contribution is 2.30. The van der Waals surface area contributed by atoms with Crippen LogP contribution in [0.25, 0.3) is 0 Å². The second-order valence-corrected chi connectivity index (χ2v) is 5.43. The van der Waals surface area contributed by atoms with E-state index in [9.17, 15) is 8.78 Å². The summed E-state index contributed by atoms with van der Waals surface area (Å²) >= 11 is 17.8. The van der Waals surface area contributed by atoms with E-state index in [0.29, 0.717) is 16.5 Å². The van der Waals surface area contributed by atoms with E-state index in [2.05, 4.69) is 0 Å². The number of halogens is 5. The Morgan fingerprint density at radius 3 is 2.37 bits per heavy atom. The molecule has 2 aromatic rings. The summed E-state index contributed by atoms with van der Waals surface area (Å²) in [5.41, 5.74) is 0.936. The van der Waals surface area contributed by atoms with Crippen molar-refractivity contribution in [2.75, 3.05) is 0 Å². The van der Waals surface area contributed by atoms with Gasteiger partial charge in [0.1, 0.15) is 11.6 Å². The molecule has 0 nitrogen and oxygen atoms in total. The van der Waals surface area contributed by atoms with Crippen LogP contribution < -0.4 is 0 Å². The molecule has 0 aliphatic carbocycles. The Bertz CT molecular complexity index is 599. The minimum Gasteiger partial charge on any atom is -0.207 e. The minimum absolute atomic E-state index is 0.132. The van der Waals surface area contributed by atoms with Gasteiger partial charge in [-0.3, -0.25) is 0 Å². The Labute approximate surface area is 124 Å². The van der Waals surface area contributed by atoms with Crippen LogP contribution in [0.3, 0.4) is 0 Å². The largest absolute Gasteiger partial charge is 0.207 e. The third-order valence-corrected chi connectivity index (χ3v) is 3.82. The molecule has 5 heteroatoms. The zero-order valence-electron chi connectivity index (χ0n) is 9.64. The van der Waals surface area contributed by atoms with Gasteiger partial charge in [-0.25, -0.2) is 8.78 Å². The number of hydrogen-bond acceptors (Lipinski definition) is 0. The summed E-state index contributed by atoms with van der Waals surface area (Å²) in [6, 6.07) is 8.28. The summed E-state index contributed by atoms with van der Waals surface area (Å²) in [6.45, 7) is 0. The van der Waals surface area contributed by atoms with Crippen LogP contribution in [0, 0.1) is 11.6 Å². The maximum atomic E-state index is 13.6. The van der Waals surface area contributed by atoms with Crippen LogP contribution in [0.15, 0.2) is 36.4 Å². The molecule has 0 fully saturated rings. The first-order valence-corrected chi connectivity index (χ1v) is 6.69. The third-order valence-electron chi connectivity index (χ3n) is 2.69. The summed E-state index contributed by atoms with van der Waals surface area (Å²) in [5, 5.41) is 0.171. The van der Waals surface area contributed by atoms with Crippen LogP contribution in [0.2, 0.25) is 10.0 Å². The lowest BCUT2D eigenvalue weighted by Crippen LogP contribution is -2.00. The van der Waals surface area contributed by atoms with Gasteiger partial charge in [0, 0.05) is 5.56 Å². The van der Waals surface area contributed by atoms with Crippen LogP contribution in [0.4, 0.5) is 8.78 Å². The standard InChI is InChI=1S/C14H9Cl3F2/c15-11-3-1-8(6-13(11)17)5-12(16)10-7-9(18)2-4-14(10)19/h1-4,6-7,12H,5H2. The smallest absolute Gasteiger partial charge is 0.128 e. The lowest BCUT2D eigenvalue weighted by molar-refractivity contribution is 0.582. The molecule has 0 saturated heterocycles. The molecule has 0 aliphatic heterocycles. The first kappa shape index (κ1) is 14.6. The first-order valence-electron chi connectivity index (χ1n) is 5.50. The average Bonchev–Trinajstić information content (AvgIpc) is 2.36. The molecule has 0 bridgehead atoms. The summed E-state index contributed by atoms with van der Waals surface area (Å²) in [7, 11) is 0. The van der Waals surface area contributed by atoms with Crippen LogP contribution in [0.1, 0.15) is 16.5 Å². The molecule has 0 N–H and O–H groups in total. The van der Waals surface area contributed by atoms with Gasteiger partial charge in [-0.05, 0) is 42.3 Å². The first-order chi connectivity index (χ1) is 8.97. The zero-order chi connectivity index (χ0) is 14.0. The fourth-order valence-electron chi connectivity index (χ4n) is 1.74. The predicted octanol–water partition coefficient (Wildman–Crippen LogP) is 5.79. The van der Waals surface area contributed by atoms with Crippen molar-refractivity contribution in [1.82, 2.24) is 0 Å². The summed E-state index contributed by atoms with van der Waals surface area (Å²) < 4.78 is 26.7. The molecule has 1 unspecified atom stereocenters. The van der Waals surface area contributed by atoms with Crippen molar-refractivity contribution in [3.8, 4) is 0 Å². The molecular formula is C14H9Cl3F2. The van der Waals surface area contributed by atoms with Crippen molar-refractivity contribution in [1.29, 1.82) is 0 Å². The van der Waals surface area contributed by atoms with E-state index in [-0.39, 0.29) is 5.56 Å². The summed E-state index contributed by atoms with van der Waals surface area (Å²) in [4.78, 5) is 0. The van der Waals surface area contributed by atoms with Gasteiger partial charge in [-0.1, -0.05) is 29.3 Å². The normalized spacial score (nSPS) is 12.5. The van der Waals surface area contributed by atoms with Crippen LogP contribution in [0.5, 0.6) is 0 Å². The Hall–Kier alpha value is -0.830. The Morgan fingerprint density at radius 1 is 0.947 bits per heavy atom. The Kier molecular flexibility index (Phi) is 4.67. The highest BCUT2D eigenvalue weighted by molar-refractivity contribution is 6.42. The van der Waals surface area contributed by atoms with Gasteiger partial charge in [0.2, 0.25) is 0 Å². The number of alkyl halides is 1. The highest BCUT2D eigenvalue weighted by atomic mass is 35.5. The van der Waals surface area contributed by atoms with E-state index in [4.69, 9.17) is 34.8 Å². The van der Waals surface area contributed by atoms with Crippen molar-refractivity contribution in [3.05, 3.63) is 69.2 Å². The van der Waals surface area contributed by atoms with Gasteiger partial charge in [0.15, 0.2) is 0 Å². The molecule has 100 valence electrons. The minimum atomic E-state index is -0.673. The molecule has 0 heterocycles. The summed E-state index contributed by atoms with van der Waals surface area (Å²) in [5.74, 6) is -1.04. The third kappa shape index (κ3) is 3.59. The van der Waals surface area contributed by atoms with Gasteiger partial charge >= 0.3 is 0 Å². The fourth-order valence-corrected chi connectivity index (χ4v) is 2.40. The maximum absolute atomic E-state index is 13.6. The maximum Gasteiger partial charge on any atom is 0.128 e. The van der Waals surface area contributed by atoms with E-state index in [1.54, 1.807) is 18.2 Å². The molecule has 0 saturated carbocycles. The van der Waals surface area contributed by atoms with Gasteiger partial charge in [0.25, 0.3) is 0 Å². The second kappa shape index (κ2) is 6.08. The fraction of sp³-hybridized carbons (Fsp3) is 0.143. The van der Waals surface area contributed by atoms with E-state index in [1.807, 2.05) is 0 Å². The van der Waals surface area contributed by atoms with Crippen molar-refractivity contribution < 1.29 is 8.78 Å². The van der Waals surface area contributed by atoms with Crippen molar-refractivity contribution >= 4 is 34.8 Å². The van der Waals surface area contributed by atoms with E-state index in [1.165, 1.54) is 0 Å². The summed E-state index contributed by atoms with van der Waals surface area (Å²) in [6.07, 6.45) is 0.332. The second-order valence-electron chi connectivity index (χ2n) is 4.09. The quantitative estimate of drug-likeness (QED) is 0.627. The van der Waals surface area contributed by atoms with Gasteiger partial charge < -0.3 is 0 Å². The molecule has 0 amide bonds. The van der Waals surface area contributed by atoms with Gasteiger partial charge in [0.05, 0.1) is 15.4 Å².